The van der Waals surface area contributed by atoms with E-state index in [0.717, 1.165) is 25.8 Å². The number of hydrogen-bond acceptors (Lipinski definition) is 11. The third kappa shape index (κ3) is 14.5. The van der Waals surface area contributed by atoms with Crippen molar-refractivity contribution in [3.05, 3.63) is 173 Å². The van der Waals surface area contributed by atoms with E-state index in [9.17, 15) is 24.3 Å². The highest BCUT2D eigenvalue weighted by Crippen LogP contribution is 2.07. The van der Waals surface area contributed by atoms with Gasteiger partial charge in [-0.05, 0) is 43.4 Å². The summed E-state index contributed by atoms with van der Waals surface area (Å²) in [6.07, 6.45) is 2.74. The Labute approximate surface area is 348 Å². The first-order valence-corrected chi connectivity index (χ1v) is 20.1. The van der Waals surface area contributed by atoms with Gasteiger partial charge in [0.1, 0.15) is 13.5 Å². The fourth-order valence-electron chi connectivity index (χ4n) is 6.34. The zero-order valence-corrected chi connectivity index (χ0v) is 34.4. The lowest BCUT2D eigenvalue weighted by Gasteiger charge is -2.20. The van der Waals surface area contributed by atoms with Gasteiger partial charge in [0.2, 0.25) is 0 Å². The second-order valence-corrected chi connectivity index (χ2v) is 14.3. The van der Waals surface area contributed by atoms with Gasteiger partial charge in [-0.25, -0.2) is 18.7 Å². The maximum atomic E-state index is 13.4. The molecule has 3 aromatic carbocycles. The average Bonchev–Trinajstić information content (AvgIpc) is 3.27. The lowest BCUT2D eigenvalue weighted by atomic mass is 10.2. The fourth-order valence-corrected chi connectivity index (χ4v) is 6.34. The molecule has 2 heterocycles. The molecule has 0 aliphatic rings. The van der Waals surface area contributed by atoms with Crippen molar-refractivity contribution in [1.29, 1.82) is 0 Å². The maximum Gasteiger partial charge on any atom is 0.332 e. The van der Waals surface area contributed by atoms with Gasteiger partial charge >= 0.3 is 11.4 Å². The summed E-state index contributed by atoms with van der Waals surface area (Å²) in [7, 11) is 0. The molecule has 2 aromatic heterocycles. The summed E-state index contributed by atoms with van der Waals surface area (Å²) >= 11 is 0. The van der Waals surface area contributed by atoms with Gasteiger partial charge in [0.15, 0.2) is 0 Å². The number of ether oxygens (including phenoxy) is 6. The molecule has 0 saturated heterocycles. The molecule has 0 unspecified atom stereocenters. The molecule has 1 N–H and O–H groups in total. The molecule has 0 aliphatic heterocycles. The Bertz CT molecular complexity index is 2260. The minimum Gasteiger partial charge on any atom is -0.394 e. The van der Waals surface area contributed by atoms with Crippen LogP contribution < -0.4 is 22.5 Å². The van der Waals surface area contributed by atoms with Gasteiger partial charge in [0, 0.05) is 36.6 Å². The van der Waals surface area contributed by atoms with Crippen molar-refractivity contribution >= 4 is 0 Å². The number of rotatable bonds is 27. The van der Waals surface area contributed by atoms with Crippen molar-refractivity contribution in [3.63, 3.8) is 0 Å². The van der Waals surface area contributed by atoms with Crippen molar-refractivity contribution in [3.8, 4) is 0 Å². The zero-order valence-electron chi connectivity index (χ0n) is 34.4. The molecule has 0 aliphatic carbocycles. The zero-order chi connectivity index (χ0) is 42.5. The van der Waals surface area contributed by atoms with Crippen LogP contribution in [0.4, 0.5) is 0 Å². The van der Waals surface area contributed by atoms with E-state index >= 15 is 0 Å². The number of aliphatic hydroxyl groups is 1. The number of aryl methyl sites for hydroxylation is 4. The van der Waals surface area contributed by atoms with Gasteiger partial charge < -0.3 is 33.5 Å². The molecule has 15 heteroatoms. The molecule has 322 valence electrons. The summed E-state index contributed by atoms with van der Waals surface area (Å²) in [5.74, 6) is 0. The van der Waals surface area contributed by atoms with Crippen LogP contribution in [-0.2, 0) is 74.8 Å². The Morgan fingerprint density at radius 2 is 0.917 bits per heavy atom. The number of aromatic nitrogens is 4. The molecular formula is C45H56N4O11. The molecular weight excluding hydrogens is 773 g/mol. The lowest BCUT2D eigenvalue weighted by molar-refractivity contribution is -0.0648. The summed E-state index contributed by atoms with van der Waals surface area (Å²) in [6, 6.07) is 28.8. The number of hydrogen-bond donors (Lipinski definition) is 1. The monoisotopic (exact) mass is 828 g/mol. The van der Waals surface area contributed by atoms with Gasteiger partial charge in [0.25, 0.3) is 11.1 Å². The molecule has 15 nitrogen and oxygen atoms in total. The van der Waals surface area contributed by atoms with Crippen LogP contribution in [0.25, 0.3) is 0 Å². The van der Waals surface area contributed by atoms with Crippen LogP contribution in [0.3, 0.4) is 0 Å². The smallest absolute Gasteiger partial charge is 0.332 e. The van der Waals surface area contributed by atoms with Crippen molar-refractivity contribution in [2.45, 2.75) is 85.3 Å². The van der Waals surface area contributed by atoms with Crippen LogP contribution in [-0.4, -0.2) is 75.2 Å². The van der Waals surface area contributed by atoms with Crippen LogP contribution in [0.1, 0.15) is 40.7 Å². The Kier molecular flexibility index (Phi) is 18.9. The molecule has 0 saturated carbocycles. The summed E-state index contributed by atoms with van der Waals surface area (Å²) in [4.78, 5) is 52.2. The number of nitrogens with zero attached hydrogens (tertiary/aromatic N) is 4. The maximum absolute atomic E-state index is 13.4. The Hall–Kier alpha value is -5.26. The molecule has 60 heavy (non-hydrogen) atoms. The molecule has 0 amide bonds. The predicted octanol–water partition coefficient (Wildman–Crippen LogP) is 3.78. The van der Waals surface area contributed by atoms with Crippen LogP contribution in [0.15, 0.2) is 123 Å². The third-order valence-electron chi connectivity index (χ3n) is 9.65. The Balaban J connectivity index is 1.11. The van der Waals surface area contributed by atoms with Crippen LogP contribution >= 0.6 is 0 Å². The van der Waals surface area contributed by atoms with Crippen molar-refractivity contribution in [1.82, 2.24) is 18.3 Å². The summed E-state index contributed by atoms with van der Waals surface area (Å²) < 4.78 is 40.3. The topological polar surface area (TPSA) is 164 Å². The Morgan fingerprint density at radius 3 is 1.37 bits per heavy atom. The number of benzene rings is 3. The van der Waals surface area contributed by atoms with Crippen molar-refractivity contribution in [2.75, 3.05) is 39.6 Å². The highest BCUT2D eigenvalue weighted by Gasteiger charge is 2.16. The van der Waals surface area contributed by atoms with E-state index in [1.54, 1.807) is 20.0 Å². The average molecular weight is 829 g/mol. The minimum absolute atomic E-state index is 0.158. The summed E-state index contributed by atoms with van der Waals surface area (Å²) in [5, 5.41) is 10.0. The van der Waals surface area contributed by atoms with Crippen molar-refractivity contribution in [2.24, 2.45) is 0 Å². The Morgan fingerprint density at radius 1 is 0.517 bits per heavy atom. The fraction of sp³-hybridized carbons (Fsp3) is 0.422. The standard InChI is InChI=1S/C45H56N4O11/c1-35-26-46(44(53)48(42(35)51)33-57-30-38-14-8-4-9-15-38)20-18-40(28-50)59-24-23-56-32-41(60-25-22-55-29-37-12-6-3-7-13-37)19-21-47-27-36(2)43(52)49(45(47)54)34-58-31-39-16-10-5-11-17-39/h3-17,26-27,40-41,50H,18-25,28-34H2,1-2H3/t40-,41-/m0/s1. The lowest BCUT2D eigenvalue weighted by Crippen LogP contribution is -2.41. The van der Waals surface area contributed by atoms with E-state index < -0.39 is 34.7 Å². The molecule has 0 bridgehead atoms. The first-order valence-electron chi connectivity index (χ1n) is 20.1. The van der Waals surface area contributed by atoms with E-state index in [2.05, 4.69) is 0 Å². The quantitative estimate of drug-likeness (QED) is 0.0767. The first kappa shape index (κ1) is 45.8. The largest absolute Gasteiger partial charge is 0.394 e. The highest BCUT2D eigenvalue weighted by molar-refractivity contribution is 5.15. The van der Waals surface area contributed by atoms with Gasteiger partial charge in [-0.1, -0.05) is 91.0 Å². The van der Waals surface area contributed by atoms with Gasteiger partial charge in [0.05, 0.1) is 71.7 Å². The third-order valence-corrected chi connectivity index (χ3v) is 9.65. The number of aliphatic hydroxyl groups excluding tert-OH is 1. The van der Waals surface area contributed by atoms with Gasteiger partial charge in [-0.2, -0.15) is 0 Å². The van der Waals surface area contributed by atoms with E-state index in [-0.39, 0.29) is 72.8 Å². The van der Waals surface area contributed by atoms with E-state index in [1.165, 1.54) is 15.3 Å². The van der Waals surface area contributed by atoms with E-state index in [1.807, 2.05) is 91.0 Å². The van der Waals surface area contributed by atoms with Gasteiger partial charge in [-0.15, -0.1) is 0 Å². The molecule has 2 atom stereocenters. The molecule has 0 spiro atoms. The summed E-state index contributed by atoms with van der Waals surface area (Å²) in [5.41, 5.74) is 1.87. The van der Waals surface area contributed by atoms with E-state index in [4.69, 9.17) is 28.4 Å². The molecule has 5 rings (SSSR count). The van der Waals surface area contributed by atoms with Crippen molar-refractivity contribution < 1.29 is 33.5 Å². The second kappa shape index (κ2) is 24.7. The molecule has 0 radical (unpaired) electrons. The minimum atomic E-state index is -0.591. The molecule has 5 aromatic rings. The van der Waals surface area contributed by atoms with Gasteiger partial charge in [-0.3, -0.25) is 18.7 Å². The normalized spacial score (nSPS) is 12.4. The highest BCUT2D eigenvalue weighted by atomic mass is 16.6. The summed E-state index contributed by atoms with van der Waals surface area (Å²) in [6.45, 7) is 5.21. The van der Waals surface area contributed by atoms with Crippen LogP contribution in [0.5, 0.6) is 0 Å². The van der Waals surface area contributed by atoms with E-state index in [0.29, 0.717) is 37.2 Å². The van der Waals surface area contributed by atoms with Crippen LogP contribution in [0.2, 0.25) is 0 Å². The van der Waals surface area contributed by atoms with Crippen LogP contribution in [0, 0.1) is 13.8 Å². The first-order chi connectivity index (χ1) is 29.2. The molecule has 0 fully saturated rings. The SMILES string of the molecule is Cc1cn(CC[C@@H](CO)OCCOC[C@H](CCn2cc(C)c(=O)n(COCc3ccccc3)c2=O)OCCOCc2ccccc2)c(=O)n(COCc2ccccc2)c1=O. The second-order valence-electron chi connectivity index (χ2n) is 14.3. The predicted molar refractivity (Wildman–Crippen MR) is 225 cm³/mol.